The van der Waals surface area contributed by atoms with Crippen molar-refractivity contribution in [2.75, 3.05) is 18.1 Å². The van der Waals surface area contributed by atoms with Gasteiger partial charge >= 0.3 is 5.97 Å². The molecule has 1 fully saturated rings. The highest BCUT2D eigenvalue weighted by Crippen LogP contribution is 2.28. The largest absolute Gasteiger partial charge is 0.481 e. The molecular formula is C12H16BrNO4S2. The highest BCUT2D eigenvalue weighted by atomic mass is 79.9. The highest BCUT2D eigenvalue weighted by Gasteiger charge is 2.32. The molecule has 1 aromatic rings. The molecule has 0 amide bonds. The van der Waals surface area contributed by atoms with Crippen molar-refractivity contribution in [3.8, 4) is 0 Å². The van der Waals surface area contributed by atoms with Crippen LogP contribution in [0.15, 0.2) is 10.5 Å². The first-order valence-electron chi connectivity index (χ1n) is 6.18. The summed E-state index contributed by atoms with van der Waals surface area (Å²) >= 11 is 5.10. The molecule has 112 valence electrons. The molecule has 1 atom stereocenters. The molecule has 0 aromatic carbocycles. The second-order valence-electron chi connectivity index (χ2n) is 4.95. The molecule has 0 saturated carbocycles. The molecular weight excluding hydrogens is 366 g/mol. The third kappa shape index (κ3) is 4.03. The summed E-state index contributed by atoms with van der Waals surface area (Å²) in [6.45, 7) is 3.01. The van der Waals surface area contributed by atoms with E-state index >= 15 is 0 Å². The van der Waals surface area contributed by atoms with E-state index in [1.807, 2.05) is 17.9 Å². The van der Waals surface area contributed by atoms with E-state index in [2.05, 4.69) is 15.9 Å². The Morgan fingerprint density at radius 2 is 2.30 bits per heavy atom. The maximum absolute atomic E-state index is 11.7. The Morgan fingerprint density at radius 1 is 1.60 bits per heavy atom. The number of carboxylic acids is 1. The number of aliphatic carboxylic acids is 1. The quantitative estimate of drug-likeness (QED) is 0.861. The number of thiophene rings is 1. The van der Waals surface area contributed by atoms with Gasteiger partial charge in [-0.3, -0.25) is 9.69 Å². The zero-order valence-corrected chi connectivity index (χ0v) is 14.2. The van der Waals surface area contributed by atoms with Crippen LogP contribution < -0.4 is 0 Å². The number of aryl methyl sites for hydroxylation is 1. The molecule has 2 rings (SSSR count). The van der Waals surface area contributed by atoms with Crippen molar-refractivity contribution >= 4 is 43.1 Å². The lowest BCUT2D eigenvalue weighted by atomic mass is 10.2. The number of hydrogen-bond donors (Lipinski definition) is 1. The summed E-state index contributed by atoms with van der Waals surface area (Å²) in [7, 11) is -3.12. The third-order valence-electron chi connectivity index (χ3n) is 3.33. The van der Waals surface area contributed by atoms with Gasteiger partial charge in [0.25, 0.3) is 0 Å². The van der Waals surface area contributed by atoms with Crippen molar-refractivity contribution in [1.82, 2.24) is 4.90 Å². The number of carboxylic acid groups (broad SMARTS) is 1. The summed E-state index contributed by atoms with van der Waals surface area (Å²) in [5, 5.41) is 8.94. The average Bonchev–Trinajstić information content (AvgIpc) is 2.61. The van der Waals surface area contributed by atoms with Crippen molar-refractivity contribution in [3.05, 3.63) is 20.3 Å². The lowest BCUT2D eigenvalue weighted by Gasteiger charge is -2.34. The second-order valence-corrected chi connectivity index (χ2v) is 9.38. The van der Waals surface area contributed by atoms with E-state index in [1.54, 1.807) is 11.3 Å². The van der Waals surface area contributed by atoms with Crippen LogP contribution in [0.4, 0.5) is 0 Å². The number of halogens is 1. The molecule has 20 heavy (non-hydrogen) atoms. The molecule has 1 aliphatic rings. The SMILES string of the molecule is Cc1sc(CN2CCS(=O)(=O)CC2CC(=O)O)cc1Br. The molecule has 0 radical (unpaired) electrons. The van der Waals surface area contributed by atoms with Crippen molar-refractivity contribution in [2.45, 2.75) is 25.9 Å². The van der Waals surface area contributed by atoms with Crippen LogP contribution in [0.25, 0.3) is 0 Å². The fraction of sp³-hybridized carbons (Fsp3) is 0.583. The molecule has 1 aromatic heterocycles. The van der Waals surface area contributed by atoms with Gasteiger partial charge in [0, 0.05) is 33.4 Å². The minimum atomic E-state index is -3.12. The Morgan fingerprint density at radius 3 is 2.85 bits per heavy atom. The summed E-state index contributed by atoms with van der Waals surface area (Å²) in [5.74, 6) is -0.917. The fourth-order valence-electron chi connectivity index (χ4n) is 2.31. The van der Waals surface area contributed by atoms with Crippen LogP contribution in [-0.2, 0) is 21.2 Å². The fourth-order valence-corrected chi connectivity index (χ4v) is 5.54. The topological polar surface area (TPSA) is 74.7 Å². The molecule has 0 bridgehead atoms. The Hall–Kier alpha value is -0.440. The molecule has 2 heterocycles. The van der Waals surface area contributed by atoms with E-state index in [0.717, 1.165) is 9.35 Å². The van der Waals surface area contributed by atoms with E-state index in [-0.39, 0.29) is 17.9 Å². The van der Waals surface area contributed by atoms with Crippen LogP contribution in [0.1, 0.15) is 16.2 Å². The van der Waals surface area contributed by atoms with Gasteiger partial charge in [0.15, 0.2) is 9.84 Å². The molecule has 1 aliphatic heterocycles. The second kappa shape index (κ2) is 6.13. The lowest BCUT2D eigenvalue weighted by molar-refractivity contribution is -0.138. The van der Waals surface area contributed by atoms with Gasteiger partial charge in [-0.2, -0.15) is 0 Å². The molecule has 5 nitrogen and oxygen atoms in total. The average molecular weight is 382 g/mol. The molecule has 1 N–H and O–H groups in total. The molecule has 1 unspecified atom stereocenters. The lowest BCUT2D eigenvalue weighted by Crippen LogP contribution is -2.48. The van der Waals surface area contributed by atoms with E-state index in [1.165, 1.54) is 4.88 Å². The molecule has 0 aliphatic carbocycles. The monoisotopic (exact) mass is 381 g/mol. The van der Waals surface area contributed by atoms with E-state index in [4.69, 9.17) is 5.11 Å². The number of rotatable bonds is 4. The first kappa shape index (κ1) is 15.9. The van der Waals surface area contributed by atoms with Crippen LogP contribution in [0.5, 0.6) is 0 Å². The van der Waals surface area contributed by atoms with Gasteiger partial charge in [-0.1, -0.05) is 0 Å². The Balaban J connectivity index is 2.13. The summed E-state index contributed by atoms with van der Waals surface area (Å²) < 4.78 is 24.4. The molecule has 8 heteroatoms. The first-order chi connectivity index (χ1) is 9.27. The maximum atomic E-state index is 11.7. The standard InChI is InChI=1S/C12H16BrNO4S2/c1-8-11(13)5-10(19-8)6-14-2-3-20(17,18)7-9(14)4-12(15)16/h5,9H,2-4,6-7H2,1H3,(H,15,16). The van der Waals surface area contributed by atoms with Gasteiger partial charge in [-0.25, -0.2) is 8.42 Å². The predicted molar refractivity (Wildman–Crippen MR) is 81.9 cm³/mol. The summed E-state index contributed by atoms with van der Waals surface area (Å²) in [6, 6.07) is 1.58. The third-order valence-corrected chi connectivity index (χ3v) is 7.15. The number of sulfone groups is 1. The predicted octanol–water partition coefficient (Wildman–Crippen LogP) is 1.89. The van der Waals surface area contributed by atoms with Crippen LogP contribution in [0, 0.1) is 6.92 Å². The zero-order valence-electron chi connectivity index (χ0n) is 11.0. The smallest absolute Gasteiger partial charge is 0.304 e. The van der Waals surface area contributed by atoms with E-state index in [9.17, 15) is 13.2 Å². The van der Waals surface area contributed by atoms with Crippen LogP contribution >= 0.6 is 27.3 Å². The minimum absolute atomic E-state index is 0.0647. The molecule has 0 spiro atoms. The van der Waals surface area contributed by atoms with Crippen molar-refractivity contribution in [1.29, 1.82) is 0 Å². The van der Waals surface area contributed by atoms with Crippen LogP contribution in [0.3, 0.4) is 0 Å². The van der Waals surface area contributed by atoms with Gasteiger partial charge in [0.05, 0.1) is 17.9 Å². The number of carbonyl (C=O) groups is 1. The van der Waals surface area contributed by atoms with Crippen LogP contribution in [0.2, 0.25) is 0 Å². The van der Waals surface area contributed by atoms with Gasteiger partial charge in [-0.15, -0.1) is 11.3 Å². The zero-order chi connectivity index (χ0) is 14.9. The minimum Gasteiger partial charge on any atom is -0.481 e. The van der Waals surface area contributed by atoms with Crippen molar-refractivity contribution < 1.29 is 18.3 Å². The summed E-state index contributed by atoms with van der Waals surface area (Å²) in [4.78, 5) is 15.2. The van der Waals surface area contributed by atoms with Crippen LogP contribution in [-0.4, -0.2) is 48.5 Å². The van der Waals surface area contributed by atoms with Crippen molar-refractivity contribution in [3.63, 3.8) is 0 Å². The van der Waals surface area contributed by atoms with Gasteiger partial charge in [0.1, 0.15) is 0 Å². The normalized spacial score (nSPS) is 22.8. The Kier molecular flexibility index (Phi) is 4.88. The summed E-state index contributed by atoms with van der Waals surface area (Å²) in [5.41, 5.74) is 0. The van der Waals surface area contributed by atoms with E-state index in [0.29, 0.717) is 13.1 Å². The Bertz CT molecular complexity index is 591. The first-order valence-corrected chi connectivity index (χ1v) is 9.61. The van der Waals surface area contributed by atoms with Gasteiger partial charge in [0.2, 0.25) is 0 Å². The number of hydrogen-bond acceptors (Lipinski definition) is 5. The van der Waals surface area contributed by atoms with Crippen molar-refractivity contribution in [2.24, 2.45) is 0 Å². The molecule has 1 saturated heterocycles. The van der Waals surface area contributed by atoms with Gasteiger partial charge < -0.3 is 5.11 Å². The van der Waals surface area contributed by atoms with Gasteiger partial charge in [-0.05, 0) is 28.9 Å². The maximum Gasteiger partial charge on any atom is 0.304 e. The highest BCUT2D eigenvalue weighted by molar-refractivity contribution is 9.10. The summed E-state index contributed by atoms with van der Waals surface area (Å²) in [6.07, 6.45) is -0.134. The number of nitrogens with zero attached hydrogens (tertiary/aromatic N) is 1. The Labute approximate surface area is 130 Å². The van der Waals surface area contributed by atoms with E-state index < -0.39 is 21.8 Å².